The minimum atomic E-state index is -0.167. The smallest absolute Gasteiger partial charge is 0.321 e. The number of likely N-dealkylation sites (N-methyl/N-ethyl adjacent to an activating group) is 1. The Kier molecular flexibility index (Phi) is 6.26. The monoisotopic (exact) mass is 480 g/mol. The number of amides is 2. The van der Waals surface area contributed by atoms with E-state index in [-0.39, 0.29) is 6.03 Å². The molecule has 36 heavy (non-hydrogen) atoms. The number of H-pyrrole nitrogens is 1. The van der Waals surface area contributed by atoms with Crippen molar-refractivity contribution in [2.45, 2.75) is 6.92 Å². The van der Waals surface area contributed by atoms with Crippen LogP contribution in [0, 0.1) is 0 Å². The molecule has 2 aromatic heterocycles. The van der Waals surface area contributed by atoms with E-state index in [1.165, 1.54) is 10.5 Å². The number of benzene rings is 2. The number of aromatic nitrogens is 2. The van der Waals surface area contributed by atoms with Crippen LogP contribution < -0.4 is 10.7 Å². The van der Waals surface area contributed by atoms with Crippen molar-refractivity contribution < 1.29 is 9.59 Å². The molecule has 1 aliphatic heterocycles. The number of nitrogens with zero attached hydrogens (tertiary/aromatic N) is 3. The number of urea groups is 1. The number of pyridine rings is 1. The minimum absolute atomic E-state index is 0.167. The number of hydrogen-bond donors (Lipinski definition) is 3. The van der Waals surface area contributed by atoms with Gasteiger partial charge in [-0.3, -0.25) is 4.79 Å². The first kappa shape index (κ1) is 23.3. The largest absolute Gasteiger partial charge is 0.339 e. The van der Waals surface area contributed by atoms with Crippen molar-refractivity contribution in [1.29, 1.82) is 0 Å². The van der Waals surface area contributed by atoms with Crippen molar-refractivity contribution >= 4 is 40.3 Å². The predicted molar refractivity (Wildman–Crippen MR) is 143 cm³/mol. The Morgan fingerprint density at radius 3 is 2.64 bits per heavy atom. The zero-order chi connectivity index (χ0) is 25.2. The molecule has 0 fully saturated rings. The van der Waals surface area contributed by atoms with E-state index in [4.69, 9.17) is 0 Å². The lowest BCUT2D eigenvalue weighted by Gasteiger charge is -2.16. The van der Waals surface area contributed by atoms with Gasteiger partial charge in [0.05, 0.1) is 5.70 Å². The second-order valence-electron chi connectivity index (χ2n) is 8.93. The summed E-state index contributed by atoms with van der Waals surface area (Å²) in [6, 6.07) is 19.3. The summed E-state index contributed by atoms with van der Waals surface area (Å²) >= 11 is 0. The van der Waals surface area contributed by atoms with Crippen LogP contribution in [0.2, 0.25) is 0 Å². The van der Waals surface area contributed by atoms with Gasteiger partial charge >= 0.3 is 6.03 Å². The molecule has 2 aromatic carbocycles. The molecule has 0 bridgehead atoms. The van der Waals surface area contributed by atoms with Crippen LogP contribution in [-0.2, 0) is 0 Å². The minimum Gasteiger partial charge on any atom is -0.339 e. The summed E-state index contributed by atoms with van der Waals surface area (Å²) in [6.07, 6.45) is 2.67. The van der Waals surface area contributed by atoms with Crippen LogP contribution >= 0.6 is 0 Å². The number of aldehydes is 1. The lowest BCUT2D eigenvalue weighted by atomic mass is 9.98. The summed E-state index contributed by atoms with van der Waals surface area (Å²) in [5, 5.41) is 6.06. The van der Waals surface area contributed by atoms with Gasteiger partial charge in [-0.05, 0) is 47.0 Å². The summed E-state index contributed by atoms with van der Waals surface area (Å²) in [4.78, 5) is 32.7. The Balaban J connectivity index is 1.56. The molecule has 5 rings (SSSR count). The highest BCUT2D eigenvalue weighted by Crippen LogP contribution is 2.35. The van der Waals surface area contributed by atoms with Gasteiger partial charge < -0.3 is 20.6 Å². The highest BCUT2D eigenvalue weighted by Gasteiger charge is 2.25. The van der Waals surface area contributed by atoms with Gasteiger partial charge in [0.15, 0.2) is 0 Å². The molecule has 0 saturated heterocycles. The lowest BCUT2D eigenvalue weighted by Crippen LogP contribution is -2.31. The van der Waals surface area contributed by atoms with E-state index in [0.717, 1.165) is 64.2 Å². The van der Waals surface area contributed by atoms with Crippen LogP contribution in [0.3, 0.4) is 0 Å². The molecule has 3 N–H and O–H groups in total. The summed E-state index contributed by atoms with van der Waals surface area (Å²) in [6.45, 7) is 3.70. The number of rotatable bonds is 6. The fraction of sp³-hybridized carbons (Fsp3) is 0.179. The third-order valence-electron chi connectivity index (χ3n) is 6.32. The van der Waals surface area contributed by atoms with E-state index in [9.17, 15) is 9.59 Å². The number of fused-ring (bicyclic) bond motifs is 1. The molecule has 0 spiro atoms. The topological polar surface area (TPSA) is 93.4 Å². The van der Waals surface area contributed by atoms with E-state index in [2.05, 4.69) is 38.7 Å². The zero-order valence-electron chi connectivity index (χ0n) is 20.5. The number of hydrogen-bond acceptors (Lipinski definition) is 5. The van der Waals surface area contributed by atoms with E-state index in [1.807, 2.05) is 54.7 Å². The summed E-state index contributed by atoms with van der Waals surface area (Å²) < 4.78 is 0. The molecule has 0 unspecified atom stereocenters. The van der Waals surface area contributed by atoms with E-state index in [1.54, 1.807) is 20.2 Å². The summed E-state index contributed by atoms with van der Waals surface area (Å²) in [7, 11) is 3.42. The van der Waals surface area contributed by atoms with Gasteiger partial charge in [0, 0.05) is 61.3 Å². The van der Waals surface area contributed by atoms with Crippen LogP contribution in [0.4, 0.5) is 10.5 Å². The second kappa shape index (κ2) is 9.67. The lowest BCUT2D eigenvalue weighted by molar-refractivity contribution is 0.112. The van der Waals surface area contributed by atoms with Gasteiger partial charge in [0.1, 0.15) is 11.9 Å². The molecular weight excluding hydrogens is 452 g/mol. The van der Waals surface area contributed by atoms with Crippen LogP contribution in [0.25, 0.3) is 33.6 Å². The molecule has 182 valence electrons. The average molecular weight is 481 g/mol. The number of hydrazine groups is 1. The number of nitrogens with one attached hydrogen (secondary N) is 3. The summed E-state index contributed by atoms with van der Waals surface area (Å²) in [5.74, 6) is 0. The predicted octanol–water partition coefficient (Wildman–Crippen LogP) is 4.84. The molecule has 8 nitrogen and oxygen atoms in total. The van der Waals surface area contributed by atoms with Crippen molar-refractivity contribution in [2.75, 3.05) is 32.5 Å². The van der Waals surface area contributed by atoms with E-state index >= 15 is 0 Å². The van der Waals surface area contributed by atoms with Crippen molar-refractivity contribution in [2.24, 2.45) is 0 Å². The van der Waals surface area contributed by atoms with Gasteiger partial charge in [0.25, 0.3) is 0 Å². The van der Waals surface area contributed by atoms with Crippen molar-refractivity contribution in [3.05, 3.63) is 83.6 Å². The van der Waals surface area contributed by atoms with Crippen LogP contribution in [-0.4, -0.2) is 59.4 Å². The van der Waals surface area contributed by atoms with Crippen LogP contribution in [0.5, 0.6) is 0 Å². The molecule has 8 heteroatoms. The fourth-order valence-electron chi connectivity index (χ4n) is 4.37. The Morgan fingerprint density at radius 2 is 1.92 bits per heavy atom. The molecular formula is C28H28N6O2. The Morgan fingerprint density at radius 1 is 1.11 bits per heavy atom. The number of aromatic amines is 1. The number of carbonyl (C=O) groups excluding carboxylic acids is 2. The zero-order valence-corrected chi connectivity index (χ0v) is 20.5. The summed E-state index contributed by atoms with van der Waals surface area (Å²) in [5.41, 5.74) is 11.9. The Hall–Kier alpha value is -4.43. The quantitative estimate of drug-likeness (QED) is 0.343. The third kappa shape index (κ3) is 4.46. The van der Waals surface area contributed by atoms with Gasteiger partial charge in [-0.25, -0.2) is 14.8 Å². The Labute approximate surface area is 209 Å². The molecule has 3 heterocycles. The second-order valence-corrected chi connectivity index (χ2v) is 8.93. The first-order valence-corrected chi connectivity index (χ1v) is 11.8. The first-order valence-electron chi connectivity index (χ1n) is 11.8. The molecule has 4 aromatic rings. The van der Waals surface area contributed by atoms with Crippen molar-refractivity contribution in [3.8, 4) is 11.3 Å². The normalized spacial score (nSPS) is 13.6. The maximum Gasteiger partial charge on any atom is 0.321 e. The highest BCUT2D eigenvalue weighted by molar-refractivity contribution is 6.02. The standard InChI is InChI=1S/C28H28N6O2/c1-4-34-16-24(26(32-34)19-8-10-21(11-9-19)30-28(36)33(2)3)22-12-13-29-27-23(22)15-25(31-27)20-7-5-6-18(14-20)17-35/h5-15,17,32H,4,16H2,1-3H3,(H,29,31)(H,30,36). The first-order chi connectivity index (χ1) is 17.5. The van der Waals surface area contributed by atoms with Gasteiger partial charge in [0.2, 0.25) is 0 Å². The molecule has 2 amide bonds. The molecule has 0 aliphatic carbocycles. The van der Waals surface area contributed by atoms with Crippen molar-refractivity contribution in [3.63, 3.8) is 0 Å². The van der Waals surface area contributed by atoms with Crippen LogP contribution in [0.15, 0.2) is 66.9 Å². The van der Waals surface area contributed by atoms with Gasteiger partial charge in [-0.15, -0.1) is 0 Å². The fourth-order valence-corrected chi connectivity index (χ4v) is 4.37. The SMILES string of the molecule is CCN1CC(c2ccnc3[nH]c(-c4cccc(C=O)c4)cc23)=C(c2ccc(NC(=O)N(C)C)cc2)N1. The third-order valence-corrected chi connectivity index (χ3v) is 6.32. The van der Waals surface area contributed by atoms with Gasteiger partial charge in [-0.2, -0.15) is 0 Å². The molecule has 1 aliphatic rings. The Bertz CT molecular complexity index is 1470. The maximum absolute atomic E-state index is 12.0. The number of carbonyl (C=O) groups is 2. The van der Waals surface area contributed by atoms with Crippen LogP contribution in [0.1, 0.15) is 28.4 Å². The number of anilines is 1. The molecule has 0 atom stereocenters. The highest BCUT2D eigenvalue weighted by atomic mass is 16.2. The molecule has 0 saturated carbocycles. The van der Waals surface area contributed by atoms with E-state index < -0.39 is 0 Å². The maximum atomic E-state index is 12.0. The van der Waals surface area contributed by atoms with Crippen molar-refractivity contribution in [1.82, 2.24) is 25.3 Å². The van der Waals surface area contributed by atoms with E-state index in [0.29, 0.717) is 5.56 Å². The van der Waals surface area contributed by atoms with Gasteiger partial charge in [-0.1, -0.05) is 37.3 Å². The average Bonchev–Trinajstić information content (AvgIpc) is 3.54. The molecule has 0 radical (unpaired) electrons.